The van der Waals surface area contributed by atoms with Gasteiger partial charge in [-0.15, -0.1) is 0 Å². The van der Waals surface area contributed by atoms with Gasteiger partial charge < -0.3 is 10.2 Å². The minimum absolute atomic E-state index is 0.0358. The monoisotopic (exact) mass is 383 g/mol. The molecule has 0 aliphatic carbocycles. The predicted molar refractivity (Wildman–Crippen MR) is 102 cm³/mol. The van der Waals surface area contributed by atoms with E-state index in [-0.39, 0.29) is 10.7 Å². The van der Waals surface area contributed by atoms with E-state index in [1.807, 2.05) is 38.8 Å². The van der Waals surface area contributed by atoms with Gasteiger partial charge in [0.25, 0.3) is 0 Å². The highest BCUT2D eigenvalue weighted by atomic mass is 35.5. The zero-order chi connectivity index (χ0) is 19.5. The van der Waals surface area contributed by atoms with Crippen molar-refractivity contribution >= 4 is 35.0 Å². The second kappa shape index (κ2) is 7.99. The number of hydrogen-bond donors (Lipinski definition) is 1. The smallest absolute Gasteiger partial charge is 0.366 e. The Morgan fingerprint density at radius 2 is 1.81 bits per heavy atom. The van der Waals surface area contributed by atoms with E-state index >= 15 is 0 Å². The molecule has 0 fully saturated rings. The normalized spacial score (nSPS) is 11.8. The number of rotatable bonds is 5. The Hall–Kier alpha value is -2.21. The van der Waals surface area contributed by atoms with Crippen molar-refractivity contribution < 1.29 is 13.2 Å². The fraction of sp³-hybridized carbons (Fsp3) is 0.316. The zero-order valence-corrected chi connectivity index (χ0v) is 15.8. The number of anilines is 2. The highest BCUT2D eigenvalue weighted by molar-refractivity contribution is 6.30. The van der Waals surface area contributed by atoms with Gasteiger partial charge in [0.2, 0.25) is 0 Å². The van der Waals surface area contributed by atoms with Crippen LogP contribution in [0.3, 0.4) is 0 Å². The second-order valence-electron chi connectivity index (χ2n) is 6.08. The van der Waals surface area contributed by atoms with Crippen LogP contribution in [0.5, 0.6) is 0 Å². The Labute approximate surface area is 156 Å². The predicted octanol–water partition coefficient (Wildman–Crippen LogP) is 6.33. The SMILES string of the molecule is CCN(C)C=Nc1cc(C)c(Nc2ccc(Cl)cc2C(F)(F)F)cc1C. The molecule has 0 spiro atoms. The van der Waals surface area contributed by atoms with E-state index in [1.165, 1.54) is 12.1 Å². The Balaban J connectivity index is 2.37. The van der Waals surface area contributed by atoms with Gasteiger partial charge in [0.05, 0.1) is 23.3 Å². The summed E-state index contributed by atoms with van der Waals surface area (Å²) in [7, 11) is 1.92. The van der Waals surface area contributed by atoms with Crippen molar-refractivity contribution in [1.29, 1.82) is 0 Å². The molecular formula is C19H21ClF3N3. The van der Waals surface area contributed by atoms with Crippen LogP contribution in [0.1, 0.15) is 23.6 Å². The number of aliphatic imine (C=N–C) groups is 1. The number of benzene rings is 2. The molecule has 3 nitrogen and oxygen atoms in total. The lowest BCUT2D eigenvalue weighted by atomic mass is 10.1. The standard InChI is InChI=1S/C19H21ClF3N3/c1-5-26(4)11-24-17-8-13(3)18(9-12(17)2)25-16-7-6-14(20)10-15(16)19(21,22)23/h6-11,25H,5H2,1-4H3. The van der Waals surface area contributed by atoms with E-state index in [1.54, 1.807) is 12.4 Å². The van der Waals surface area contributed by atoms with Gasteiger partial charge in [-0.3, -0.25) is 0 Å². The lowest BCUT2D eigenvalue weighted by Gasteiger charge is -2.17. The van der Waals surface area contributed by atoms with E-state index < -0.39 is 11.7 Å². The van der Waals surface area contributed by atoms with Crippen molar-refractivity contribution in [1.82, 2.24) is 4.90 Å². The van der Waals surface area contributed by atoms with Crippen LogP contribution < -0.4 is 5.32 Å². The number of alkyl halides is 3. The lowest BCUT2D eigenvalue weighted by Crippen LogP contribution is -2.14. The van der Waals surface area contributed by atoms with Crippen LogP contribution in [0, 0.1) is 13.8 Å². The van der Waals surface area contributed by atoms with Gasteiger partial charge in [-0.1, -0.05) is 11.6 Å². The minimum Gasteiger partial charge on any atom is -0.366 e. The Bertz CT molecular complexity index is 816. The van der Waals surface area contributed by atoms with Crippen molar-refractivity contribution in [3.63, 3.8) is 0 Å². The molecule has 0 saturated carbocycles. The van der Waals surface area contributed by atoms with Crippen molar-refractivity contribution in [3.8, 4) is 0 Å². The minimum atomic E-state index is -4.49. The molecular weight excluding hydrogens is 363 g/mol. The quantitative estimate of drug-likeness (QED) is 0.482. The fourth-order valence-corrected chi connectivity index (χ4v) is 2.49. The molecule has 0 heterocycles. The first kappa shape index (κ1) is 20.1. The first-order valence-electron chi connectivity index (χ1n) is 8.11. The van der Waals surface area contributed by atoms with Crippen molar-refractivity contribution in [3.05, 3.63) is 52.0 Å². The maximum absolute atomic E-state index is 13.3. The molecule has 1 N–H and O–H groups in total. The number of halogens is 4. The van der Waals surface area contributed by atoms with Gasteiger partial charge in [-0.05, 0) is 62.2 Å². The first-order valence-corrected chi connectivity index (χ1v) is 8.49. The van der Waals surface area contributed by atoms with E-state index in [0.717, 1.165) is 29.4 Å². The molecule has 7 heteroatoms. The molecule has 0 aliphatic rings. The van der Waals surface area contributed by atoms with Gasteiger partial charge in [-0.25, -0.2) is 4.99 Å². The molecule has 2 aromatic carbocycles. The van der Waals surface area contributed by atoms with Crippen LogP contribution >= 0.6 is 11.6 Å². The largest absolute Gasteiger partial charge is 0.418 e. The summed E-state index contributed by atoms with van der Waals surface area (Å²) in [5.41, 5.74) is 2.20. The Morgan fingerprint density at radius 1 is 1.12 bits per heavy atom. The molecule has 0 atom stereocenters. The second-order valence-corrected chi connectivity index (χ2v) is 6.52. The number of aryl methyl sites for hydroxylation is 2. The van der Waals surface area contributed by atoms with E-state index in [0.29, 0.717) is 5.69 Å². The molecule has 0 amide bonds. The van der Waals surface area contributed by atoms with Crippen LogP contribution in [0.25, 0.3) is 0 Å². The summed E-state index contributed by atoms with van der Waals surface area (Å²) in [6, 6.07) is 7.33. The van der Waals surface area contributed by atoms with Crippen molar-refractivity contribution in [2.24, 2.45) is 4.99 Å². The van der Waals surface area contributed by atoms with Crippen LogP contribution in [-0.2, 0) is 6.18 Å². The Morgan fingerprint density at radius 3 is 2.42 bits per heavy atom. The summed E-state index contributed by atoms with van der Waals surface area (Å²) in [6.45, 7) is 6.54. The molecule has 0 radical (unpaired) electrons. The fourth-order valence-electron chi connectivity index (χ4n) is 2.32. The average molecular weight is 384 g/mol. The highest BCUT2D eigenvalue weighted by Gasteiger charge is 2.34. The highest BCUT2D eigenvalue weighted by Crippen LogP contribution is 2.38. The summed E-state index contributed by atoms with van der Waals surface area (Å²) in [5.74, 6) is 0. The topological polar surface area (TPSA) is 27.6 Å². The summed E-state index contributed by atoms with van der Waals surface area (Å²) in [5, 5.41) is 2.92. The first-order chi connectivity index (χ1) is 12.1. The number of nitrogens with one attached hydrogen (secondary N) is 1. The van der Waals surface area contributed by atoms with E-state index in [2.05, 4.69) is 10.3 Å². The lowest BCUT2D eigenvalue weighted by molar-refractivity contribution is -0.136. The van der Waals surface area contributed by atoms with Crippen molar-refractivity contribution in [2.45, 2.75) is 26.9 Å². The summed E-state index contributed by atoms with van der Waals surface area (Å²) in [4.78, 5) is 6.36. The summed E-state index contributed by atoms with van der Waals surface area (Å²) in [6.07, 6.45) is -2.76. The van der Waals surface area contributed by atoms with Gasteiger partial charge >= 0.3 is 6.18 Å². The molecule has 0 saturated heterocycles. The molecule has 0 aromatic heterocycles. The molecule has 0 aliphatic heterocycles. The third-order valence-corrected chi connectivity index (χ3v) is 4.23. The van der Waals surface area contributed by atoms with Crippen LogP contribution in [0.4, 0.5) is 30.2 Å². The van der Waals surface area contributed by atoms with Gasteiger partial charge in [-0.2, -0.15) is 13.2 Å². The van der Waals surface area contributed by atoms with Crippen molar-refractivity contribution in [2.75, 3.05) is 18.9 Å². The number of hydrogen-bond acceptors (Lipinski definition) is 2. The maximum atomic E-state index is 13.3. The summed E-state index contributed by atoms with van der Waals surface area (Å²) < 4.78 is 39.8. The van der Waals surface area contributed by atoms with E-state index in [4.69, 9.17) is 11.6 Å². The Kier molecular flexibility index (Phi) is 6.18. The van der Waals surface area contributed by atoms with Crippen LogP contribution in [-0.4, -0.2) is 24.8 Å². The average Bonchev–Trinajstić information content (AvgIpc) is 2.56. The van der Waals surface area contributed by atoms with Crippen LogP contribution in [0.15, 0.2) is 35.3 Å². The molecule has 0 unspecified atom stereocenters. The molecule has 2 aromatic rings. The molecule has 2 rings (SSSR count). The third-order valence-electron chi connectivity index (χ3n) is 3.99. The van der Waals surface area contributed by atoms with Crippen LogP contribution in [0.2, 0.25) is 5.02 Å². The zero-order valence-electron chi connectivity index (χ0n) is 15.1. The summed E-state index contributed by atoms with van der Waals surface area (Å²) >= 11 is 5.73. The van der Waals surface area contributed by atoms with E-state index in [9.17, 15) is 13.2 Å². The van der Waals surface area contributed by atoms with Gasteiger partial charge in [0.15, 0.2) is 0 Å². The molecule has 0 bridgehead atoms. The van der Waals surface area contributed by atoms with Gasteiger partial charge in [0.1, 0.15) is 0 Å². The van der Waals surface area contributed by atoms with Gasteiger partial charge in [0, 0.05) is 24.3 Å². The maximum Gasteiger partial charge on any atom is 0.418 e. The number of nitrogens with zero attached hydrogens (tertiary/aromatic N) is 2. The molecule has 26 heavy (non-hydrogen) atoms. The molecule has 140 valence electrons. The third kappa shape index (κ3) is 4.91.